The van der Waals surface area contributed by atoms with E-state index in [4.69, 9.17) is 0 Å². The summed E-state index contributed by atoms with van der Waals surface area (Å²) in [6, 6.07) is 1.93. The summed E-state index contributed by atoms with van der Waals surface area (Å²) in [5.41, 5.74) is 0.796. The quantitative estimate of drug-likeness (QED) is 0.854. The van der Waals surface area contributed by atoms with Crippen LogP contribution in [0.25, 0.3) is 0 Å². The van der Waals surface area contributed by atoms with Crippen molar-refractivity contribution >= 4 is 34.2 Å². The normalized spacial score (nSPS) is 15.9. The second kappa shape index (κ2) is 8.81. The van der Waals surface area contributed by atoms with Crippen LogP contribution in [0.4, 0.5) is 0 Å². The third-order valence-corrected chi connectivity index (χ3v) is 4.44. The molecule has 1 aliphatic heterocycles. The maximum atomic E-state index is 12.6. The lowest BCUT2D eigenvalue weighted by Crippen LogP contribution is -2.41. The van der Waals surface area contributed by atoms with Crippen molar-refractivity contribution in [2.24, 2.45) is 5.92 Å². The van der Waals surface area contributed by atoms with Crippen molar-refractivity contribution in [3.8, 4) is 0 Å². The molecule has 2 heterocycles. The highest BCUT2D eigenvalue weighted by atomic mass is 79.9. The van der Waals surface area contributed by atoms with Crippen molar-refractivity contribution in [2.45, 2.75) is 33.2 Å². The highest BCUT2D eigenvalue weighted by molar-refractivity contribution is 9.10. The van der Waals surface area contributed by atoms with Gasteiger partial charge in [-0.25, -0.2) is 0 Å². The summed E-state index contributed by atoms with van der Waals surface area (Å²) in [5.74, 6) is 0.878. The van der Waals surface area contributed by atoms with Crippen molar-refractivity contribution < 1.29 is 4.79 Å². The summed E-state index contributed by atoms with van der Waals surface area (Å²) in [7, 11) is 0. The van der Waals surface area contributed by atoms with Crippen LogP contribution in [0.1, 0.15) is 37.2 Å². The van der Waals surface area contributed by atoms with E-state index in [2.05, 4.69) is 35.1 Å². The molecule has 2 rings (SSSR count). The first kappa shape index (κ1) is 18.5. The van der Waals surface area contributed by atoms with Gasteiger partial charge in [-0.2, -0.15) is 0 Å². The third-order valence-electron chi connectivity index (χ3n) is 4.01. The number of piperidine rings is 1. The fourth-order valence-electron chi connectivity index (χ4n) is 2.77. The predicted octanol–water partition coefficient (Wildman–Crippen LogP) is 3.15. The molecule has 0 aliphatic carbocycles. The predicted molar refractivity (Wildman–Crippen MR) is 92.2 cm³/mol. The number of rotatable bonds is 5. The van der Waals surface area contributed by atoms with E-state index in [1.165, 1.54) is 0 Å². The highest BCUT2D eigenvalue weighted by Crippen LogP contribution is 2.21. The minimum Gasteiger partial charge on any atom is -0.343 e. The number of hydrogen-bond acceptors (Lipinski definition) is 2. The van der Waals surface area contributed by atoms with Gasteiger partial charge in [-0.3, -0.25) is 4.79 Å². The molecule has 0 spiro atoms. The standard InChI is InChI=1S/C15H24BrN3O.ClH/c1-3-17-10-12-5-7-19(8-6-12)15(20)14-9-13(16)11-18(14)4-2;/h9,11-12,17H,3-8,10H2,1-2H3;1H. The van der Waals surface area contributed by atoms with E-state index < -0.39 is 0 Å². The zero-order chi connectivity index (χ0) is 14.5. The van der Waals surface area contributed by atoms with Gasteiger partial charge in [0.2, 0.25) is 0 Å². The van der Waals surface area contributed by atoms with Crippen LogP contribution in [0, 0.1) is 5.92 Å². The number of aryl methyl sites for hydroxylation is 1. The van der Waals surface area contributed by atoms with E-state index >= 15 is 0 Å². The first-order valence-corrected chi connectivity index (χ1v) is 8.30. The van der Waals surface area contributed by atoms with Crippen LogP contribution in [-0.2, 0) is 6.54 Å². The lowest BCUT2D eigenvalue weighted by molar-refractivity contribution is 0.0679. The van der Waals surface area contributed by atoms with E-state index in [9.17, 15) is 4.79 Å². The summed E-state index contributed by atoms with van der Waals surface area (Å²) in [6.45, 7) is 8.88. The number of nitrogens with zero attached hydrogens (tertiary/aromatic N) is 2. The summed E-state index contributed by atoms with van der Waals surface area (Å²) in [6.07, 6.45) is 4.19. The van der Waals surface area contributed by atoms with Crippen molar-refractivity contribution in [1.82, 2.24) is 14.8 Å². The monoisotopic (exact) mass is 377 g/mol. The largest absolute Gasteiger partial charge is 0.343 e. The van der Waals surface area contributed by atoms with E-state index in [1.807, 2.05) is 21.7 Å². The van der Waals surface area contributed by atoms with Crippen LogP contribution in [-0.4, -0.2) is 41.6 Å². The molecule has 120 valence electrons. The van der Waals surface area contributed by atoms with Crippen molar-refractivity contribution in [1.29, 1.82) is 0 Å². The maximum absolute atomic E-state index is 12.6. The molecular formula is C15H25BrClN3O. The SMILES string of the molecule is CCNCC1CCN(C(=O)c2cc(Br)cn2CC)CC1.Cl. The third kappa shape index (κ3) is 4.73. The van der Waals surface area contributed by atoms with Gasteiger partial charge in [0.05, 0.1) is 0 Å². The van der Waals surface area contributed by atoms with Gasteiger partial charge in [-0.15, -0.1) is 12.4 Å². The minimum absolute atomic E-state index is 0. The van der Waals surface area contributed by atoms with Crippen molar-refractivity contribution in [3.63, 3.8) is 0 Å². The number of hydrogen-bond donors (Lipinski definition) is 1. The van der Waals surface area contributed by atoms with Gasteiger partial charge in [0.15, 0.2) is 0 Å². The van der Waals surface area contributed by atoms with Crippen LogP contribution in [0.2, 0.25) is 0 Å². The van der Waals surface area contributed by atoms with Crippen LogP contribution < -0.4 is 5.32 Å². The number of carbonyl (C=O) groups excluding carboxylic acids is 1. The van der Waals surface area contributed by atoms with E-state index in [-0.39, 0.29) is 18.3 Å². The van der Waals surface area contributed by atoms with Gasteiger partial charge in [-0.05, 0) is 60.8 Å². The molecule has 0 unspecified atom stereocenters. The summed E-state index contributed by atoms with van der Waals surface area (Å²) in [5, 5.41) is 3.40. The lowest BCUT2D eigenvalue weighted by atomic mass is 9.96. The molecule has 0 radical (unpaired) electrons. The zero-order valence-electron chi connectivity index (χ0n) is 12.8. The number of halogens is 2. The molecule has 0 saturated carbocycles. The molecule has 1 aromatic heterocycles. The molecule has 6 heteroatoms. The van der Waals surface area contributed by atoms with Gasteiger partial charge < -0.3 is 14.8 Å². The average molecular weight is 379 g/mol. The fraction of sp³-hybridized carbons (Fsp3) is 0.667. The van der Waals surface area contributed by atoms with E-state index in [0.717, 1.165) is 55.7 Å². The first-order valence-electron chi connectivity index (χ1n) is 7.51. The average Bonchev–Trinajstić information content (AvgIpc) is 2.86. The number of carbonyl (C=O) groups is 1. The zero-order valence-corrected chi connectivity index (χ0v) is 15.2. The second-order valence-electron chi connectivity index (χ2n) is 5.37. The van der Waals surface area contributed by atoms with Crippen LogP contribution in [0.5, 0.6) is 0 Å². The van der Waals surface area contributed by atoms with Crippen molar-refractivity contribution in [3.05, 3.63) is 22.4 Å². The maximum Gasteiger partial charge on any atom is 0.270 e. The molecule has 1 amide bonds. The van der Waals surface area contributed by atoms with Gasteiger partial charge in [-0.1, -0.05) is 6.92 Å². The molecule has 0 bridgehead atoms. The number of nitrogens with one attached hydrogen (secondary N) is 1. The van der Waals surface area contributed by atoms with Gasteiger partial charge >= 0.3 is 0 Å². The van der Waals surface area contributed by atoms with Crippen LogP contribution in [0.15, 0.2) is 16.7 Å². The molecule has 1 aliphatic rings. The minimum atomic E-state index is 0. The highest BCUT2D eigenvalue weighted by Gasteiger charge is 2.25. The fourth-order valence-corrected chi connectivity index (χ4v) is 3.23. The smallest absolute Gasteiger partial charge is 0.270 e. The Morgan fingerprint density at radius 3 is 2.62 bits per heavy atom. The van der Waals surface area contributed by atoms with Crippen LogP contribution >= 0.6 is 28.3 Å². The van der Waals surface area contributed by atoms with Gasteiger partial charge in [0.1, 0.15) is 5.69 Å². The van der Waals surface area contributed by atoms with Gasteiger partial charge in [0.25, 0.3) is 5.91 Å². The molecule has 0 aromatic carbocycles. The Morgan fingerprint density at radius 2 is 2.05 bits per heavy atom. The Bertz CT molecular complexity index is 456. The topological polar surface area (TPSA) is 37.3 Å². The molecule has 21 heavy (non-hydrogen) atoms. The van der Waals surface area contributed by atoms with Gasteiger partial charge in [0, 0.05) is 30.3 Å². The van der Waals surface area contributed by atoms with Crippen molar-refractivity contribution in [2.75, 3.05) is 26.2 Å². The Hall–Kier alpha value is -0.520. The van der Waals surface area contributed by atoms with Crippen LogP contribution in [0.3, 0.4) is 0 Å². The van der Waals surface area contributed by atoms with E-state index in [1.54, 1.807) is 0 Å². The number of likely N-dealkylation sites (tertiary alicyclic amines) is 1. The molecule has 1 N–H and O–H groups in total. The van der Waals surface area contributed by atoms with E-state index in [0.29, 0.717) is 5.92 Å². The Balaban J connectivity index is 0.00000220. The molecule has 1 fully saturated rings. The lowest BCUT2D eigenvalue weighted by Gasteiger charge is -2.32. The summed E-state index contributed by atoms with van der Waals surface area (Å²) in [4.78, 5) is 14.6. The Labute approximate surface area is 141 Å². The molecule has 1 aromatic rings. The Morgan fingerprint density at radius 1 is 1.38 bits per heavy atom. The first-order chi connectivity index (χ1) is 9.65. The summed E-state index contributed by atoms with van der Waals surface area (Å²) >= 11 is 3.45. The molecule has 1 saturated heterocycles. The summed E-state index contributed by atoms with van der Waals surface area (Å²) < 4.78 is 2.99. The number of amides is 1. The Kier molecular flexibility index (Phi) is 7.77. The molecule has 0 atom stereocenters. The molecular weight excluding hydrogens is 354 g/mol. The second-order valence-corrected chi connectivity index (χ2v) is 6.29. The number of aromatic nitrogens is 1. The molecule has 4 nitrogen and oxygen atoms in total.